The van der Waals surface area contributed by atoms with Crippen molar-refractivity contribution in [3.05, 3.63) is 53.7 Å². The highest BCUT2D eigenvalue weighted by Gasteiger charge is 2.31. The van der Waals surface area contributed by atoms with Crippen LogP contribution in [0.4, 0.5) is 11.4 Å². The first-order valence-electron chi connectivity index (χ1n) is 10.7. The van der Waals surface area contributed by atoms with Gasteiger partial charge in [-0.05, 0) is 49.6 Å². The third-order valence-corrected chi connectivity index (χ3v) is 7.28. The van der Waals surface area contributed by atoms with Crippen LogP contribution in [0.3, 0.4) is 0 Å². The van der Waals surface area contributed by atoms with E-state index in [-0.39, 0.29) is 28.9 Å². The largest absolute Gasteiger partial charge is 0.358 e. The molecule has 1 fully saturated rings. The molecule has 0 aliphatic carbocycles. The number of anilines is 2. The molecule has 2 aromatic carbocycles. The zero-order valence-electron chi connectivity index (χ0n) is 18.5. The molecular weight excluding hydrogens is 456 g/mol. The van der Waals surface area contributed by atoms with E-state index in [1.165, 1.54) is 35.4 Å². The van der Waals surface area contributed by atoms with Gasteiger partial charge in [-0.3, -0.25) is 14.3 Å². The lowest BCUT2D eigenvalue weighted by Crippen LogP contribution is -2.45. The van der Waals surface area contributed by atoms with Gasteiger partial charge in [0, 0.05) is 36.4 Å². The molecule has 2 heterocycles. The van der Waals surface area contributed by atoms with Gasteiger partial charge in [0.2, 0.25) is 0 Å². The van der Waals surface area contributed by atoms with Gasteiger partial charge in [0.15, 0.2) is 0 Å². The lowest BCUT2D eigenvalue weighted by molar-refractivity contribution is -0.143. The van der Waals surface area contributed by atoms with Gasteiger partial charge in [0.05, 0.1) is 21.7 Å². The van der Waals surface area contributed by atoms with Crippen molar-refractivity contribution in [2.45, 2.75) is 30.7 Å². The SMILES string of the molecule is Cc1ccc(NS(=O)(=O)c2cccc(NC(=O)C(=O)N3CCC[C@@H]3CN)c2)c2[nH]cc(C#N)c12. The summed E-state index contributed by atoms with van der Waals surface area (Å²) in [5.41, 5.74) is 7.88. The van der Waals surface area contributed by atoms with Gasteiger partial charge in [-0.1, -0.05) is 12.1 Å². The Labute approximate surface area is 196 Å². The maximum absolute atomic E-state index is 13.1. The Bertz CT molecular complexity index is 1420. The van der Waals surface area contributed by atoms with Crippen LogP contribution in [0.2, 0.25) is 0 Å². The lowest BCUT2D eigenvalue weighted by Gasteiger charge is -2.22. The molecule has 10 nitrogen and oxygen atoms in total. The number of aryl methyl sites for hydroxylation is 1. The number of hydrogen-bond acceptors (Lipinski definition) is 6. The highest BCUT2D eigenvalue weighted by Crippen LogP contribution is 2.30. The number of rotatable bonds is 5. The van der Waals surface area contributed by atoms with E-state index in [2.05, 4.69) is 21.1 Å². The van der Waals surface area contributed by atoms with Crippen LogP contribution in [0.15, 0.2) is 47.5 Å². The number of amides is 2. The minimum absolute atomic E-state index is 0.0976. The van der Waals surface area contributed by atoms with Gasteiger partial charge in [0.25, 0.3) is 10.0 Å². The molecule has 0 bridgehead atoms. The second-order valence-electron chi connectivity index (χ2n) is 8.11. The summed E-state index contributed by atoms with van der Waals surface area (Å²) in [5, 5.41) is 12.4. The summed E-state index contributed by atoms with van der Waals surface area (Å²) in [6.45, 7) is 2.58. The maximum Gasteiger partial charge on any atom is 0.313 e. The molecule has 3 aromatic rings. The first-order valence-corrected chi connectivity index (χ1v) is 12.2. The first kappa shape index (κ1) is 23.3. The molecule has 1 saturated heterocycles. The molecule has 1 aromatic heterocycles. The summed E-state index contributed by atoms with van der Waals surface area (Å²) in [6.07, 6.45) is 3.05. The lowest BCUT2D eigenvalue weighted by atomic mass is 10.1. The molecule has 176 valence electrons. The monoisotopic (exact) mass is 480 g/mol. The quantitative estimate of drug-likeness (QED) is 0.409. The predicted octanol–water partition coefficient (Wildman–Crippen LogP) is 2.04. The van der Waals surface area contributed by atoms with Crippen LogP contribution in [0.1, 0.15) is 24.0 Å². The van der Waals surface area contributed by atoms with Gasteiger partial charge in [-0.25, -0.2) is 8.42 Å². The molecule has 34 heavy (non-hydrogen) atoms. The molecule has 0 spiro atoms. The third-order valence-electron chi connectivity index (χ3n) is 5.92. The number of nitrogens with one attached hydrogen (secondary N) is 3. The number of hydrogen-bond donors (Lipinski definition) is 4. The van der Waals surface area contributed by atoms with E-state index in [0.29, 0.717) is 23.0 Å². The number of nitrogens with zero attached hydrogens (tertiary/aromatic N) is 2. The fourth-order valence-electron chi connectivity index (χ4n) is 4.20. The van der Waals surface area contributed by atoms with Crippen molar-refractivity contribution in [1.29, 1.82) is 5.26 Å². The van der Waals surface area contributed by atoms with Crippen LogP contribution in [-0.4, -0.2) is 49.2 Å². The molecule has 5 N–H and O–H groups in total. The number of likely N-dealkylation sites (tertiary alicyclic amines) is 1. The number of sulfonamides is 1. The highest BCUT2D eigenvalue weighted by molar-refractivity contribution is 7.92. The van der Waals surface area contributed by atoms with Crippen LogP contribution in [0, 0.1) is 18.3 Å². The number of H-pyrrole nitrogens is 1. The number of nitriles is 1. The van der Waals surface area contributed by atoms with Crippen LogP contribution < -0.4 is 15.8 Å². The Hall–Kier alpha value is -3.88. The van der Waals surface area contributed by atoms with Gasteiger partial charge in [-0.15, -0.1) is 0 Å². The zero-order valence-corrected chi connectivity index (χ0v) is 19.3. The summed E-state index contributed by atoms with van der Waals surface area (Å²) >= 11 is 0. The zero-order chi connectivity index (χ0) is 24.5. The molecule has 4 rings (SSSR count). The van der Waals surface area contributed by atoms with Crippen molar-refractivity contribution < 1.29 is 18.0 Å². The van der Waals surface area contributed by atoms with Crippen LogP contribution >= 0.6 is 0 Å². The Morgan fingerprint density at radius 3 is 2.82 bits per heavy atom. The molecule has 0 unspecified atom stereocenters. The molecule has 1 aliphatic heterocycles. The Balaban J connectivity index is 1.56. The smallest absolute Gasteiger partial charge is 0.313 e. The van der Waals surface area contributed by atoms with E-state index in [1.807, 2.05) is 6.92 Å². The third kappa shape index (κ3) is 4.33. The molecule has 11 heteroatoms. The molecule has 0 radical (unpaired) electrons. The van der Waals surface area contributed by atoms with Crippen LogP contribution in [0.25, 0.3) is 10.9 Å². The number of aromatic nitrogens is 1. The first-order chi connectivity index (χ1) is 16.2. The van der Waals surface area contributed by atoms with Crippen molar-refractivity contribution in [2.75, 3.05) is 23.1 Å². The van der Waals surface area contributed by atoms with Gasteiger partial charge >= 0.3 is 11.8 Å². The number of carbonyl (C=O) groups excluding carboxylic acids is 2. The fraction of sp³-hybridized carbons (Fsp3) is 0.261. The number of benzene rings is 2. The summed E-state index contributed by atoms with van der Waals surface area (Å²) in [6, 6.07) is 10.9. The Morgan fingerprint density at radius 2 is 2.09 bits per heavy atom. The van der Waals surface area contributed by atoms with E-state index >= 15 is 0 Å². The Kier molecular flexibility index (Phi) is 6.28. The number of carbonyl (C=O) groups is 2. The second-order valence-corrected chi connectivity index (χ2v) is 9.79. The van der Waals surface area contributed by atoms with E-state index in [0.717, 1.165) is 18.4 Å². The summed E-state index contributed by atoms with van der Waals surface area (Å²) < 4.78 is 28.7. The highest BCUT2D eigenvalue weighted by atomic mass is 32.2. The van der Waals surface area contributed by atoms with E-state index in [9.17, 15) is 23.3 Å². The number of fused-ring (bicyclic) bond motifs is 1. The maximum atomic E-state index is 13.1. The van der Waals surface area contributed by atoms with E-state index in [4.69, 9.17) is 5.73 Å². The average Bonchev–Trinajstić information content (AvgIpc) is 3.48. The van der Waals surface area contributed by atoms with Crippen LogP contribution in [0.5, 0.6) is 0 Å². The van der Waals surface area contributed by atoms with Crippen molar-refractivity contribution in [3.63, 3.8) is 0 Å². The molecule has 2 amide bonds. The van der Waals surface area contributed by atoms with Crippen molar-refractivity contribution in [1.82, 2.24) is 9.88 Å². The van der Waals surface area contributed by atoms with E-state index in [1.54, 1.807) is 12.1 Å². The summed E-state index contributed by atoms with van der Waals surface area (Å²) in [7, 11) is -4.04. The molecule has 0 saturated carbocycles. The summed E-state index contributed by atoms with van der Waals surface area (Å²) in [5.74, 6) is -1.54. The molecule has 1 atom stereocenters. The Morgan fingerprint density at radius 1 is 1.29 bits per heavy atom. The van der Waals surface area contributed by atoms with E-state index < -0.39 is 21.8 Å². The van der Waals surface area contributed by atoms with Crippen LogP contribution in [-0.2, 0) is 19.6 Å². The molecular formula is C23H24N6O4S. The van der Waals surface area contributed by atoms with Crippen molar-refractivity contribution >= 4 is 44.1 Å². The normalized spacial score (nSPS) is 15.8. The van der Waals surface area contributed by atoms with Gasteiger partial charge in [-0.2, -0.15) is 5.26 Å². The fourth-order valence-corrected chi connectivity index (χ4v) is 5.32. The van der Waals surface area contributed by atoms with Gasteiger partial charge in [0.1, 0.15) is 6.07 Å². The standard InChI is InChI=1S/C23H24N6O4S/c1-14-7-8-19(21-20(14)15(11-24)13-26-21)28-34(32,33)18-6-2-4-16(10-18)27-22(30)23(31)29-9-3-5-17(29)12-25/h2,4,6-8,10,13,17,26,28H,3,5,9,12,25H2,1H3,(H,27,30)/t17-/m1/s1. The summed E-state index contributed by atoms with van der Waals surface area (Å²) in [4.78, 5) is 29.3. The van der Waals surface area contributed by atoms with Gasteiger partial charge < -0.3 is 20.9 Å². The average molecular weight is 481 g/mol. The minimum atomic E-state index is -4.04. The number of nitrogens with two attached hydrogens (primary N) is 1. The predicted molar refractivity (Wildman–Crippen MR) is 127 cm³/mol. The minimum Gasteiger partial charge on any atom is -0.358 e. The second kappa shape index (κ2) is 9.17. The van der Waals surface area contributed by atoms with Crippen molar-refractivity contribution in [3.8, 4) is 6.07 Å². The molecule has 1 aliphatic rings. The topological polar surface area (TPSA) is 161 Å². The van der Waals surface area contributed by atoms with Crippen molar-refractivity contribution in [2.24, 2.45) is 5.73 Å². The number of aromatic amines is 1.